The Kier molecular flexibility index (Phi) is 9.91. The summed E-state index contributed by atoms with van der Waals surface area (Å²) in [6.45, 7) is 4.82. The van der Waals surface area contributed by atoms with Crippen molar-refractivity contribution in [3.05, 3.63) is 300 Å². The molecule has 0 unspecified atom stereocenters. The van der Waals surface area contributed by atoms with Gasteiger partial charge in [-0.1, -0.05) is 220 Å². The fraction of sp³-hybridized carbons (Fsp3) is 0.0506. The molecule has 0 fully saturated rings. The molecule has 5 heteroatoms. The molecule has 392 valence electrons. The Labute approximate surface area is 490 Å². The van der Waals surface area contributed by atoms with Gasteiger partial charge >= 0.3 is 0 Å². The number of rotatable bonds is 6. The van der Waals surface area contributed by atoms with E-state index in [1.165, 1.54) is 103 Å². The van der Waals surface area contributed by atoms with Gasteiger partial charge in [-0.3, -0.25) is 0 Å². The zero-order chi connectivity index (χ0) is 55.4. The normalized spacial score (nSPS) is 13.8. The van der Waals surface area contributed by atoms with Crippen molar-refractivity contribution < 1.29 is 0 Å². The lowest BCUT2D eigenvalue weighted by molar-refractivity contribution is 0.563. The smallest absolute Gasteiger partial charge is 0.164 e. The van der Waals surface area contributed by atoms with Crippen molar-refractivity contribution in [1.82, 2.24) is 19.5 Å². The summed E-state index contributed by atoms with van der Waals surface area (Å²) >= 11 is 1.82. The van der Waals surface area contributed by atoms with Gasteiger partial charge in [0.25, 0.3) is 0 Å². The average molecular weight is 1090 g/mol. The lowest BCUT2D eigenvalue weighted by Crippen LogP contribution is -2.40. The van der Waals surface area contributed by atoms with Crippen molar-refractivity contribution in [2.45, 2.75) is 24.7 Å². The molecule has 0 bridgehead atoms. The van der Waals surface area contributed by atoms with Crippen molar-refractivity contribution in [2.24, 2.45) is 0 Å². The van der Waals surface area contributed by atoms with Crippen LogP contribution in [0.3, 0.4) is 0 Å². The summed E-state index contributed by atoms with van der Waals surface area (Å²) in [5.41, 5.74) is 25.0. The van der Waals surface area contributed by atoms with Crippen LogP contribution in [0.2, 0.25) is 0 Å². The second-order valence-corrected chi connectivity index (χ2v) is 24.4. The Morgan fingerprint density at radius 3 is 1.64 bits per heavy atom. The van der Waals surface area contributed by atoms with Gasteiger partial charge in [0, 0.05) is 64.2 Å². The Hall–Kier alpha value is -10.3. The zero-order valence-electron chi connectivity index (χ0n) is 46.1. The molecule has 0 saturated heterocycles. The third kappa shape index (κ3) is 6.50. The molecule has 3 aliphatic rings. The molecular weight excluding hydrogens is 1040 g/mol. The average Bonchev–Trinajstić information content (AvgIpc) is 1.63. The molecule has 18 rings (SSSR count). The highest BCUT2D eigenvalue weighted by Gasteiger charge is 2.55. The topological polar surface area (TPSA) is 43.6 Å². The fourth-order valence-corrected chi connectivity index (χ4v) is 16.1. The van der Waals surface area contributed by atoms with Gasteiger partial charge < -0.3 is 4.57 Å². The molecule has 3 aromatic heterocycles. The summed E-state index contributed by atoms with van der Waals surface area (Å²) in [7, 11) is 0. The van der Waals surface area contributed by atoms with Crippen LogP contribution in [0.1, 0.15) is 47.2 Å². The molecule has 0 amide bonds. The first-order valence-corrected chi connectivity index (χ1v) is 29.8. The van der Waals surface area contributed by atoms with E-state index in [1.807, 2.05) is 11.3 Å². The number of aromatic nitrogens is 4. The first kappa shape index (κ1) is 47.3. The van der Waals surface area contributed by atoms with Gasteiger partial charge in [-0.25, -0.2) is 15.0 Å². The quantitative estimate of drug-likeness (QED) is 0.167. The summed E-state index contributed by atoms with van der Waals surface area (Å²) in [4.78, 5) is 16.8. The lowest BCUT2D eigenvalue weighted by Gasteiger charge is -2.46. The van der Waals surface area contributed by atoms with Crippen LogP contribution >= 0.6 is 11.3 Å². The highest BCUT2D eigenvalue weighted by molar-refractivity contribution is 7.25. The van der Waals surface area contributed by atoms with Crippen molar-refractivity contribution in [3.63, 3.8) is 0 Å². The standard InChI is InChI=1S/C79H50N4S/c1-78(2)62-30-14-16-32-64(62)79(65-33-17-15-31-63(65)78)66-41-40-56-53-26-11-18-34-68(53)83-69-35-19-12-27-54(69)61-45-51(46-67(79)72(61)73(66)74(56)83)52-25-9-10-29-57(52)76-80-75(50-38-42-71-60(44-50)55-28-13-20-36-70(55)84-71)81-77(82-76)58-39-37-49(47-21-5-3-6-22-47)43-59(58)48-23-7-4-8-24-48/h3-46H,1-2H3. The fourth-order valence-electron chi connectivity index (χ4n) is 15.0. The maximum Gasteiger partial charge on any atom is 0.164 e. The van der Waals surface area contributed by atoms with Crippen molar-refractivity contribution >= 4 is 53.3 Å². The summed E-state index contributed by atoms with van der Waals surface area (Å²) < 4.78 is 5.06. The minimum absolute atomic E-state index is 0.255. The van der Waals surface area contributed by atoms with E-state index in [1.54, 1.807) is 0 Å². The van der Waals surface area contributed by atoms with Crippen LogP contribution in [0.15, 0.2) is 267 Å². The Balaban J connectivity index is 0.934. The molecule has 0 N–H and O–H groups in total. The van der Waals surface area contributed by atoms with Gasteiger partial charge in [0.15, 0.2) is 17.5 Å². The van der Waals surface area contributed by atoms with Crippen LogP contribution < -0.4 is 0 Å². The van der Waals surface area contributed by atoms with E-state index in [9.17, 15) is 0 Å². The number of para-hydroxylation sites is 2. The van der Waals surface area contributed by atoms with Crippen LogP contribution in [0.25, 0.3) is 137 Å². The maximum atomic E-state index is 5.66. The second kappa shape index (κ2) is 17.6. The van der Waals surface area contributed by atoms with E-state index in [-0.39, 0.29) is 5.41 Å². The van der Waals surface area contributed by atoms with E-state index >= 15 is 0 Å². The monoisotopic (exact) mass is 1090 g/mol. The van der Waals surface area contributed by atoms with Crippen molar-refractivity contribution in [3.8, 4) is 95.5 Å². The number of hydrogen-bond donors (Lipinski definition) is 0. The van der Waals surface area contributed by atoms with Gasteiger partial charge in [-0.05, 0) is 139 Å². The van der Waals surface area contributed by atoms with Crippen molar-refractivity contribution in [1.29, 1.82) is 0 Å². The van der Waals surface area contributed by atoms with E-state index < -0.39 is 5.41 Å². The lowest BCUT2D eigenvalue weighted by atomic mass is 9.55. The van der Waals surface area contributed by atoms with Gasteiger partial charge in [-0.2, -0.15) is 0 Å². The third-order valence-corrected chi connectivity index (χ3v) is 19.8. The minimum Gasteiger partial charge on any atom is -0.308 e. The van der Waals surface area contributed by atoms with Gasteiger partial charge in [0.2, 0.25) is 0 Å². The molecule has 15 aromatic rings. The molecule has 84 heavy (non-hydrogen) atoms. The molecule has 0 radical (unpaired) electrons. The highest BCUT2D eigenvalue weighted by Crippen LogP contribution is 2.66. The predicted molar refractivity (Wildman–Crippen MR) is 348 cm³/mol. The third-order valence-electron chi connectivity index (χ3n) is 18.7. The second-order valence-electron chi connectivity index (χ2n) is 23.3. The Bertz CT molecular complexity index is 5250. The minimum atomic E-state index is -0.660. The highest BCUT2D eigenvalue weighted by atomic mass is 32.1. The SMILES string of the molecule is CC1(C)c2ccccc2C2(c3ccccc31)c1cc(-c3ccccc3-c3nc(-c4ccc5sc6ccccc6c5c4)nc(-c4ccc(-c5ccccc5)cc4-c4ccccc4)n3)cc3c1-c1c2ccc2c4ccccc4n(c12)-c1ccccc1-3. The zero-order valence-corrected chi connectivity index (χ0v) is 46.9. The summed E-state index contributed by atoms with van der Waals surface area (Å²) in [5.74, 6) is 1.84. The summed E-state index contributed by atoms with van der Waals surface area (Å²) in [6, 6.07) is 98.7. The number of nitrogens with zero attached hydrogens (tertiary/aromatic N) is 4. The molecule has 0 saturated carbocycles. The molecule has 4 heterocycles. The van der Waals surface area contributed by atoms with Gasteiger partial charge in [0.05, 0.1) is 22.1 Å². The largest absolute Gasteiger partial charge is 0.308 e. The van der Waals surface area contributed by atoms with Crippen LogP contribution in [-0.2, 0) is 10.8 Å². The van der Waals surface area contributed by atoms with Crippen LogP contribution in [-0.4, -0.2) is 19.5 Å². The number of benzene rings is 12. The van der Waals surface area contributed by atoms with Gasteiger partial charge in [0.1, 0.15) is 0 Å². The predicted octanol–water partition coefficient (Wildman–Crippen LogP) is 20.3. The van der Waals surface area contributed by atoms with E-state index in [0.717, 1.165) is 50.1 Å². The van der Waals surface area contributed by atoms with E-state index in [0.29, 0.717) is 17.5 Å². The molecule has 0 atom stereocenters. The molecule has 4 nitrogen and oxygen atoms in total. The number of thiophene rings is 1. The Morgan fingerprint density at radius 1 is 0.310 bits per heavy atom. The van der Waals surface area contributed by atoms with E-state index in [4.69, 9.17) is 15.0 Å². The maximum absolute atomic E-state index is 5.66. The first-order chi connectivity index (χ1) is 41.4. The Morgan fingerprint density at radius 2 is 0.881 bits per heavy atom. The molecular formula is C79H50N4S. The molecule has 1 spiro atoms. The molecule has 1 aliphatic heterocycles. The molecule has 12 aromatic carbocycles. The van der Waals surface area contributed by atoms with Gasteiger partial charge in [-0.15, -0.1) is 11.3 Å². The number of hydrogen-bond acceptors (Lipinski definition) is 4. The summed E-state index contributed by atoms with van der Waals surface area (Å²) in [6.07, 6.45) is 0. The van der Waals surface area contributed by atoms with Crippen LogP contribution in [0, 0.1) is 0 Å². The number of fused-ring (bicyclic) bond motifs is 15. The van der Waals surface area contributed by atoms with Crippen LogP contribution in [0.4, 0.5) is 0 Å². The van der Waals surface area contributed by atoms with Crippen molar-refractivity contribution in [2.75, 3.05) is 0 Å². The van der Waals surface area contributed by atoms with Crippen LogP contribution in [0.5, 0.6) is 0 Å². The van der Waals surface area contributed by atoms with E-state index in [2.05, 4.69) is 285 Å². The summed E-state index contributed by atoms with van der Waals surface area (Å²) in [5, 5.41) is 4.95. The molecule has 2 aliphatic carbocycles. The first-order valence-electron chi connectivity index (χ1n) is 29.0.